The van der Waals surface area contributed by atoms with Crippen LogP contribution in [0.2, 0.25) is 0 Å². The summed E-state index contributed by atoms with van der Waals surface area (Å²) in [6, 6.07) is 29.3. The second kappa shape index (κ2) is 9.66. The summed E-state index contributed by atoms with van der Waals surface area (Å²) in [7, 11) is 0. The van der Waals surface area contributed by atoms with E-state index in [0.29, 0.717) is 6.54 Å². The van der Waals surface area contributed by atoms with Crippen LogP contribution in [0.4, 0.5) is 0 Å². The number of aromatic nitrogens is 1. The highest BCUT2D eigenvalue weighted by Crippen LogP contribution is 2.28. The van der Waals surface area contributed by atoms with Gasteiger partial charge in [-0.3, -0.25) is 4.79 Å². The highest BCUT2D eigenvalue weighted by atomic mass is 32.1. The molecule has 0 radical (unpaired) electrons. The summed E-state index contributed by atoms with van der Waals surface area (Å²) in [6.45, 7) is 0.347. The molecule has 4 rings (SSSR count). The number of nitrogens with one attached hydrogen (secondary N) is 1. The Morgan fingerprint density at radius 2 is 1.61 bits per heavy atom. The molecule has 0 atom stereocenters. The number of rotatable bonds is 6. The Balaban J connectivity index is 1.40. The predicted octanol–water partition coefficient (Wildman–Crippen LogP) is 5.70. The molecule has 0 saturated heterocycles. The number of hydrogen-bond acceptors (Lipinski definition) is 4. The number of nitriles is 1. The van der Waals surface area contributed by atoms with Gasteiger partial charge in [-0.25, -0.2) is 4.98 Å². The van der Waals surface area contributed by atoms with Crippen molar-refractivity contribution in [3.8, 4) is 27.9 Å². The Kier molecular flexibility index (Phi) is 6.32. The zero-order valence-corrected chi connectivity index (χ0v) is 17.5. The molecule has 3 aromatic carbocycles. The molecule has 0 spiro atoms. The molecule has 1 heterocycles. The molecule has 31 heavy (non-hydrogen) atoms. The number of thiazole rings is 1. The second-order valence-electron chi connectivity index (χ2n) is 6.86. The average molecular weight is 422 g/mol. The Morgan fingerprint density at radius 1 is 0.935 bits per heavy atom. The number of carbonyl (C=O) groups excluding carboxylic acids is 1. The van der Waals surface area contributed by atoms with Crippen molar-refractivity contribution in [2.75, 3.05) is 0 Å². The van der Waals surface area contributed by atoms with Crippen LogP contribution in [0.5, 0.6) is 0 Å². The SMILES string of the molecule is N#C/C(=C\c1ccccc1)C(=O)NCc1ccc(-c2nc(-c3ccccc3)cs2)cc1. The van der Waals surface area contributed by atoms with Crippen LogP contribution in [0.15, 0.2) is 95.9 Å². The van der Waals surface area contributed by atoms with Gasteiger partial charge < -0.3 is 5.32 Å². The van der Waals surface area contributed by atoms with Crippen LogP contribution in [0.3, 0.4) is 0 Å². The van der Waals surface area contributed by atoms with Crippen LogP contribution >= 0.6 is 11.3 Å². The van der Waals surface area contributed by atoms with Gasteiger partial charge >= 0.3 is 0 Å². The first-order valence-electron chi connectivity index (χ1n) is 9.78. The largest absolute Gasteiger partial charge is 0.347 e. The molecule has 0 aliphatic carbocycles. The fourth-order valence-corrected chi connectivity index (χ4v) is 3.89. The lowest BCUT2D eigenvalue weighted by molar-refractivity contribution is -0.117. The van der Waals surface area contributed by atoms with E-state index in [4.69, 9.17) is 4.98 Å². The minimum absolute atomic E-state index is 0.0825. The van der Waals surface area contributed by atoms with E-state index in [9.17, 15) is 10.1 Å². The molecule has 0 aliphatic heterocycles. The molecule has 150 valence electrons. The van der Waals surface area contributed by atoms with Gasteiger partial charge in [-0.15, -0.1) is 11.3 Å². The molecule has 1 N–H and O–H groups in total. The van der Waals surface area contributed by atoms with Crippen LogP contribution in [0, 0.1) is 11.3 Å². The third kappa shape index (κ3) is 5.13. The summed E-state index contributed by atoms with van der Waals surface area (Å²) in [5.74, 6) is -0.386. The van der Waals surface area contributed by atoms with Crippen molar-refractivity contribution in [3.63, 3.8) is 0 Å². The van der Waals surface area contributed by atoms with E-state index in [-0.39, 0.29) is 11.5 Å². The zero-order chi connectivity index (χ0) is 21.5. The summed E-state index contributed by atoms with van der Waals surface area (Å²) < 4.78 is 0. The molecular weight excluding hydrogens is 402 g/mol. The van der Waals surface area contributed by atoms with E-state index in [1.165, 1.54) is 0 Å². The average Bonchev–Trinajstić information content (AvgIpc) is 3.33. The lowest BCUT2D eigenvalue weighted by atomic mass is 10.1. The van der Waals surface area contributed by atoms with Gasteiger partial charge in [-0.2, -0.15) is 5.26 Å². The Labute approximate surface area is 185 Å². The van der Waals surface area contributed by atoms with Crippen LogP contribution < -0.4 is 5.32 Å². The first kappa shape index (κ1) is 20.3. The Hall–Kier alpha value is -4.01. The van der Waals surface area contributed by atoms with E-state index < -0.39 is 0 Å². The molecule has 0 fully saturated rings. The molecule has 0 bridgehead atoms. The highest BCUT2D eigenvalue weighted by Gasteiger charge is 2.10. The zero-order valence-electron chi connectivity index (χ0n) is 16.7. The third-order valence-electron chi connectivity index (χ3n) is 4.70. The van der Waals surface area contributed by atoms with E-state index in [1.54, 1.807) is 17.4 Å². The standard InChI is InChI=1S/C26H19N3OS/c27-16-23(15-19-7-3-1-4-8-19)25(30)28-17-20-11-13-22(14-12-20)26-29-24(18-31-26)21-9-5-2-6-10-21/h1-15,18H,17H2,(H,28,30)/b23-15+. The smallest absolute Gasteiger partial charge is 0.262 e. The fraction of sp³-hybridized carbons (Fsp3) is 0.0385. The number of hydrogen-bond donors (Lipinski definition) is 1. The summed E-state index contributed by atoms with van der Waals surface area (Å²) in [4.78, 5) is 17.1. The van der Waals surface area contributed by atoms with Gasteiger partial charge in [-0.05, 0) is 17.2 Å². The Morgan fingerprint density at radius 3 is 2.29 bits per heavy atom. The molecule has 1 amide bonds. The van der Waals surface area contributed by atoms with Gasteiger partial charge in [0, 0.05) is 23.1 Å². The van der Waals surface area contributed by atoms with Gasteiger partial charge in [0.05, 0.1) is 5.69 Å². The van der Waals surface area contributed by atoms with Gasteiger partial charge in [0.2, 0.25) is 0 Å². The monoisotopic (exact) mass is 421 g/mol. The van der Waals surface area contributed by atoms with Crippen molar-refractivity contribution in [2.45, 2.75) is 6.54 Å². The van der Waals surface area contributed by atoms with Gasteiger partial charge in [0.25, 0.3) is 5.91 Å². The lowest BCUT2D eigenvalue weighted by Crippen LogP contribution is -2.23. The number of amides is 1. The maximum absolute atomic E-state index is 12.4. The summed E-state index contributed by atoms with van der Waals surface area (Å²) in [5.41, 5.74) is 4.95. The van der Waals surface area contributed by atoms with Crippen LogP contribution in [0.25, 0.3) is 27.9 Å². The van der Waals surface area contributed by atoms with Crippen molar-refractivity contribution in [2.24, 2.45) is 0 Å². The minimum Gasteiger partial charge on any atom is -0.347 e. The molecule has 4 nitrogen and oxygen atoms in total. The van der Waals surface area contributed by atoms with Crippen LogP contribution in [0.1, 0.15) is 11.1 Å². The quantitative estimate of drug-likeness (QED) is 0.321. The number of carbonyl (C=O) groups is 1. The third-order valence-corrected chi connectivity index (χ3v) is 5.59. The molecule has 4 aromatic rings. The Bertz CT molecular complexity index is 1240. The van der Waals surface area contributed by atoms with Crippen molar-refractivity contribution in [3.05, 3.63) is 107 Å². The molecule has 5 heteroatoms. The molecule has 0 aliphatic rings. The summed E-state index contributed by atoms with van der Waals surface area (Å²) in [6.07, 6.45) is 1.59. The summed E-state index contributed by atoms with van der Waals surface area (Å²) >= 11 is 1.60. The first-order chi connectivity index (χ1) is 15.2. The van der Waals surface area contributed by atoms with Gasteiger partial charge in [-0.1, -0.05) is 84.9 Å². The van der Waals surface area contributed by atoms with E-state index in [0.717, 1.165) is 33.0 Å². The van der Waals surface area contributed by atoms with E-state index in [1.807, 2.05) is 91.0 Å². The van der Waals surface area contributed by atoms with Crippen molar-refractivity contribution in [1.29, 1.82) is 5.26 Å². The van der Waals surface area contributed by atoms with Gasteiger partial charge in [0.15, 0.2) is 0 Å². The van der Waals surface area contributed by atoms with Crippen LogP contribution in [-0.4, -0.2) is 10.9 Å². The van der Waals surface area contributed by atoms with E-state index in [2.05, 4.69) is 10.7 Å². The number of nitrogens with zero attached hydrogens (tertiary/aromatic N) is 2. The van der Waals surface area contributed by atoms with Crippen molar-refractivity contribution < 1.29 is 4.79 Å². The van der Waals surface area contributed by atoms with Gasteiger partial charge in [0.1, 0.15) is 16.6 Å². The first-order valence-corrected chi connectivity index (χ1v) is 10.7. The maximum Gasteiger partial charge on any atom is 0.262 e. The maximum atomic E-state index is 12.4. The number of benzene rings is 3. The molecular formula is C26H19N3OS. The minimum atomic E-state index is -0.386. The van der Waals surface area contributed by atoms with Crippen molar-refractivity contribution in [1.82, 2.24) is 10.3 Å². The molecule has 0 saturated carbocycles. The normalized spacial score (nSPS) is 11.0. The van der Waals surface area contributed by atoms with Crippen molar-refractivity contribution >= 4 is 23.3 Å². The second-order valence-corrected chi connectivity index (χ2v) is 7.72. The lowest BCUT2D eigenvalue weighted by Gasteiger charge is -2.05. The summed E-state index contributed by atoms with van der Waals surface area (Å²) in [5, 5.41) is 15.1. The highest BCUT2D eigenvalue weighted by molar-refractivity contribution is 7.13. The fourth-order valence-electron chi connectivity index (χ4n) is 3.06. The van der Waals surface area contributed by atoms with E-state index >= 15 is 0 Å². The predicted molar refractivity (Wildman–Crippen MR) is 125 cm³/mol. The topological polar surface area (TPSA) is 65.8 Å². The molecule has 1 aromatic heterocycles. The molecule has 0 unspecified atom stereocenters. The van der Waals surface area contributed by atoms with Crippen LogP contribution in [-0.2, 0) is 11.3 Å².